The Labute approximate surface area is 239 Å². The molecule has 0 aliphatic heterocycles. The predicted molar refractivity (Wildman–Crippen MR) is 163 cm³/mol. The third-order valence-electron chi connectivity index (χ3n) is 8.68. The van der Waals surface area contributed by atoms with Gasteiger partial charge in [-0.15, -0.1) is 0 Å². The van der Waals surface area contributed by atoms with Crippen LogP contribution < -0.4 is 4.74 Å². The van der Waals surface area contributed by atoms with Gasteiger partial charge in [0.1, 0.15) is 5.75 Å². The first-order chi connectivity index (χ1) is 19.2. The number of nitriles is 1. The second kappa shape index (κ2) is 18.0. The number of aromatic nitrogens is 2. The molecule has 1 saturated carbocycles. The van der Waals surface area contributed by atoms with E-state index in [0.717, 1.165) is 62.3 Å². The third-order valence-corrected chi connectivity index (χ3v) is 8.68. The lowest BCUT2D eigenvalue weighted by atomic mass is 9.69. The van der Waals surface area contributed by atoms with Crippen molar-refractivity contribution < 1.29 is 4.74 Å². The van der Waals surface area contributed by atoms with E-state index in [1.165, 1.54) is 89.0 Å². The fraction of sp³-hybridized carbons (Fsp3) is 0.686. The quantitative estimate of drug-likeness (QED) is 0.169. The number of aryl methyl sites for hydroxylation is 1. The summed E-state index contributed by atoms with van der Waals surface area (Å²) in [6.07, 6.45) is 27.4. The molecule has 214 valence electrons. The zero-order valence-electron chi connectivity index (χ0n) is 24.9. The van der Waals surface area contributed by atoms with E-state index in [4.69, 9.17) is 4.74 Å². The zero-order chi connectivity index (χ0) is 27.6. The predicted octanol–water partition coefficient (Wildman–Crippen LogP) is 10.3. The van der Waals surface area contributed by atoms with Crippen LogP contribution in [0.4, 0.5) is 0 Å². The van der Waals surface area contributed by atoms with E-state index in [2.05, 4.69) is 42.0 Å². The van der Waals surface area contributed by atoms with Crippen molar-refractivity contribution in [3.63, 3.8) is 0 Å². The van der Waals surface area contributed by atoms with E-state index in [1.807, 2.05) is 24.5 Å². The average Bonchev–Trinajstić information content (AvgIpc) is 2.99. The van der Waals surface area contributed by atoms with Crippen LogP contribution in [0.5, 0.6) is 5.75 Å². The average molecular weight is 532 g/mol. The second-order valence-corrected chi connectivity index (χ2v) is 12.0. The minimum atomic E-state index is -0.0906. The van der Waals surface area contributed by atoms with Gasteiger partial charge in [0.05, 0.1) is 18.1 Å². The number of unbranched alkanes of at least 4 members (excludes halogenated alkanes) is 11. The van der Waals surface area contributed by atoms with Gasteiger partial charge in [-0.05, 0) is 80.7 Å². The SMILES string of the molecule is CCCCCCCCCc1cnc(-c2ccc(OCC3CCC(C#N)(CCCCCCCC)CC3)cc2)nc1. The monoisotopic (exact) mass is 531 g/mol. The number of hydrogen-bond donors (Lipinski definition) is 0. The largest absolute Gasteiger partial charge is 0.493 e. The standard InChI is InChI=1S/C35H53N3O/c1-3-5-7-9-11-12-14-16-31-26-37-34(38-27-31)32-17-19-33(20-18-32)39-28-30-21-24-35(29-36,25-22-30)23-15-13-10-8-6-4-2/h17-20,26-27,30H,3-16,21-25,28H2,1-2H3. The molecule has 1 aromatic heterocycles. The van der Waals surface area contributed by atoms with Crippen LogP contribution in [0.3, 0.4) is 0 Å². The normalized spacial score (nSPS) is 19.1. The van der Waals surface area contributed by atoms with E-state index >= 15 is 0 Å². The second-order valence-electron chi connectivity index (χ2n) is 12.0. The van der Waals surface area contributed by atoms with Gasteiger partial charge in [0, 0.05) is 18.0 Å². The van der Waals surface area contributed by atoms with E-state index in [9.17, 15) is 5.26 Å². The van der Waals surface area contributed by atoms with Crippen molar-refractivity contribution in [1.82, 2.24) is 9.97 Å². The minimum Gasteiger partial charge on any atom is -0.493 e. The van der Waals surface area contributed by atoms with Crippen molar-refractivity contribution in [2.75, 3.05) is 6.61 Å². The molecule has 39 heavy (non-hydrogen) atoms. The number of hydrogen-bond acceptors (Lipinski definition) is 4. The Balaban J connectivity index is 1.34. The van der Waals surface area contributed by atoms with Crippen LogP contribution in [0.25, 0.3) is 11.4 Å². The molecule has 0 N–H and O–H groups in total. The van der Waals surface area contributed by atoms with Gasteiger partial charge in [-0.1, -0.05) is 90.9 Å². The Morgan fingerprint density at radius 2 is 1.36 bits per heavy atom. The Hall–Kier alpha value is -2.41. The van der Waals surface area contributed by atoms with Crippen LogP contribution in [-0.4, -0.2) is 16.6 Å². The number of rotatable bonds is 19. The molecular weight excluding hydrogens is 478 g/mol. The van der Waals surface area contributed by atoms with Gasteiger partial charge in [0.2, 0.25) is 0 Å². The molecule has 1 aromatic carbocycles. The summed E-state index contributed by atoms with van der Waals surface area (Å²) in [6, 6.07) is 10.9. The third kappa shape index (κ3) is 11.3. The highest BCUT2D eigenvalue weighted by Gasteiger charge is 2.35. The maximum atomic E-state index is 9.90. The van der Waals surface area contributed by atoms with Crippen molar-refractivity contribution in [2.24, 2.45) is 11.3 Å². The zero-order valence-corrected chi connectivity index (χ0v) is 24.9. The van der Waals surface area contributed by atoms with Crippen molar-refractivity contribution in [3.05, 3.63) is 42.2 Å². The first-order valence-corrected chi connectivity index (χ1v) is 16.1. The Morgan fingerprint density at radius 1 is 0.795 bits per heavy atom. The molecule has 4 heteroatoms. The van der Waals surface area contributed by atoms with E-state index in [0.29, 0.717) is 5.92 Å². The van der Waals surface area contributed by atoms with Crippen LogP contribution in [-0.2, 0) is 6.42 Å². The first kappa shape index (κ1) is 31.1. The van der Waals surface area contributed by atoms with Crippen molar-refractivity contribution in [1.29, 1.82) is 5.26 Å². The smallest absolute Gasteiger partial charge is 0.159 e. The Kier molecular flexibility index (Phi) is 14.4. The summed E-state index contributed by atoms with van der Waals surface area (Å²) >= 11 is 0. The molecule has 1 fully saturated rings. The van der Waals surface area contributed by atoms with Gasteiger partial charge in [0.15, 0.2) is 5.82 Å². The Bertz CT molecular complexity index is 939. The van der Waals surface area contributed by atoms with Gasteiger partial charge in [-0.25, -0.2) is 9.97 Å². The summed E-state index contributed by atoms with van der Waals surface area (Å²) in [5, 5.41) is 9.90. The van der Waals surface area contributed by atoms with Crippen molar-refractivity contribution in [3.8, 4) is 23.2 Å². The molecule has 1 aliphatic carbocycles. The van der Waals surface area contributed by atoms with Crippen LogP contribution >= 0.6 is 0 Å². The highest BCUT2D eigenvalue weighted by Crippen LogP contribution is 2.42. The summed E-state index contributed by atoms with van der Waals surface area (Å²) < 4.78 is 6.16. The van der Waals surface area contributed by atoms with Crippen LogP contribution in [0.15, 0.2) is 36.7 Å². The lowest BCUT2D eigenvalue weighted by Gasteiger charge is -2.35. The molecule has 0 bridgehead atoms. The molecule has 0 spiro atoms. The molecule has 0 unspecified atom stereocenters. The Morgan fingerprint density at radius 3 is 1.95 bits per heavy atom. The summed E-state index contributed by atoms with van der Waals surface area (Å²) in [5.74, 6) is 2.22. The lowest BCUT2D eigenvalue weighted by molar-refractivity contribution is 0.144. The summed E-state index contributed by atoms with van der Waals surface area (Å²) in [5.41, 5.74) is 2.16. The molecule has 0 amide bonds. The molecule has 0 radical (unpaired) electrons. The van der Waals surface area contributed by atoms with E-state index < -0.39 is 0 Å². The first-order valence-electron chi connectivity index (χ1n) is 16.1. The van der Waals surface area contributed by atoms with Crippen molar-refractivity contribution >= 4 is 0 Å². The van der Waals surface area contributed by atoms with E-state index in [1.54, 1.807) is 0 Å². The topological polar surface area (TPSA) is 58.8 Å². The molecule has 0 saturated heterocycles. The van der Waals surface area contributed by atoms with Gasteiger partial charge in [-0.3, -0.25) is 0 Å². The summed E-state index contributed by atoms with van der Waals surface area (Å²) in [6.45, 7) is 5.26. The fourth-order valence-corrected chi connectivity index (χ4v) is 5.89. The van der Waals surface area contributed by atoms with Crippen LogP contribution in [0.1, 0.15) is 135 Å². The molecular formula is C35H53N3O. The summed E-state index contributed by atoms with van der Waals surface area (Å²) in [4.78, 5) is 9.24. The van der Waals surface area contributed by atoms with Crippen LogP contribution in [0, 0.1) is 22.7 Å². The van der Waals surface area contributed by atoms with Gasteiger partial charge in [-0.2, -0.15) is 5.26 Å². The molecule has 4 nitrogen and oxygen atoms in total. The molecule has 2 aromatic rings. The molecule has 0 atom stereocenters. The van der Waals surface area contributed by atoms with Gasteiger partial charge >= 0.3 is 0 Å². The number of ether oxygens (including phenoxy) is 1. The molecule has 1 aliphatic rings. The fourth-order valence-electron chi connectivity index (χ4n) is 5.89. The molecule has 1 heterocycles. The van der Waals surface area contributed by atoms with Gasteiger partial charge < -0.3 is 4.74 Å². The summed E-state index contributed by atoms with van der Waals surface area (Å²) in [7, 11) is 0. The van der Waals surface area contributed by atoms with E-state index in [-0.39, 0.29) is 5.41 Å². The minimum absolute atomic E-state index is 0.0906. The maximum absolute atomic E-state index is 9.90. The van der Waals surface area contributed by atoms with Crippen molar-refractivity contribution in [2.45, 2.75) is 136 Å². The number of benzene rings is 1. The highest BCUT2D eigenvalue weighted by molar-refractivity contribution is 5.55. The maximum Gasteiger partial charge on any atom is 0.159 e. The van der Waals surface area contributed by atoms with Gasteiger partial charge in [0.25, 0.3) is 0 Å². The van der Waals surface area contributed by atoms with Crippen LogP contribution in [0.2, 0.25) is 0 Å². The highest BCUT2D eigenvalue weighted by atomic mass is 16.5. The molecule has 3 rings (SSSR count). The lowest BCUT2D eigenvalue weighted by Crippen LogP contribution is -2.28. The number of nitrogens with zero attached hydrogens (tertiary/aromatic N) is 3.